The Hall–Kier alpha value is -2.55. The van der Waals surface area contributed by atoms with Gasteiger partial charge in [0, 0.05) is 0 Å². The van der Waals surface area contributed by atoms with Crippen molar-refractivity contribution >= 4 is 11.5 Å². The fourth-order valence-electron chi connectivity index (χ4n) is 2.42. The minimum atomic E-state index is -0.341. The van der Waals surface area contributed by atoms with Crippen molar-refractivity contribution in [2.45, 2.75) is 27.4 Å². The van der Waals surface area contributed by atoms with E-state index >= 15 is 0 Å². The van der Waals surface area contributed by atoms with Gasteiger partial charge in [0.25, 0.3) is 0 Å². The number of rotatable bonds is 5. The third kappa shape index (κ3) is 4.01. The van der Waals surface area contributed by atoms with Crippen molar-refractivity contribution in [3.05, 3.63) is 70.8 Å². The van der Waals surface area contributed by atoms with Crippen LogP contribution in [0.2, 0.25) is 0 Å². The average Bonchev–Trinajstić information content (AvgIpc) is 2.57. The summed E-state index contributed by atoms with van der Waals surface area (Å²) < 4.78 is 10.8. The Morgan fingerprint density at radius 3 is 2.57 bits per heavy atom. The van der Waals surface area contributed by atoms with E-state index in [-0.39, 0.29) is 5.97 Å². The summed E-state index contributed by atoms with van der Waals surface area (Å²) in [5.74, 6) is 0.520. The summed E-state index contributed by atoms with van der Waals surface area (Å²) in [6, 6.07) is 13.8. The maximum Gasteiger partial charge on any atom is 0.338 e. The largest absolute Gasteiger partial charge is 0.489 e. The van der Waals surface area contributed by atoms with E-state index in [1.54, 1.807) is 6.08 Å². The van der Waals surface area contributed by atoms with Crippen molar-refractivity contribution in [1.29, 1.82) is 0 Å². The molecule has 3 heteroatoms. The van der Waals surface area contributed by atoms with Gasteiger partial charge in [-0.2, -0.15) is 0 Å². The number of allylic oxidation sites excluding steroid dienone is 1. The molecular formula is C20H22O3. The lowest BCUT2D eigenvalue weighted by Crippen LogP contribution is -2.08. The maximum atomic E-state index is 11.9. The van der Waals surface area contributed by atoms with E-state index in [9.17, 15) is 4.79 Å². The second kappa shape index (κ2) is 7.63. The Morgan fingerprint density at radius 1 is 1.13 bits per heavy atom. The van der Waals surface area contributed by atoms with Crippen LogP contribution in [0.5, 0.6) is 5.75 Å². The first kappa shape index (κ1) is 16.8. The number of ether oxygens (including phenoxy) is 2. The van der Waals surface area contributed by atoms with E-state index in [1.165, 1.54) is 7.11 Å². The van der Waals surface area contributed by atoms with Gasteiger partial charge in [-0.3, -0.25) is 0 Å². The molecule has 0 saturated heterocycles. The summed E-state index contributed by atoms with van der Waals surface area (Å²) in [4.78, 5) is 11.9. The predicted molar refractivity (Wildman–Crippen MR) is 92.4 cm³/mol. The summed E-state index contributed by atoms with van der Waals surface area (Å²) in [7, 11) is 1.39. The molecule has 120 valence electrons. The molecule has 0 spiro atoms. The molecule has 0 fully saturated rings. The molecule has 0 aliphatic rings. The van der Waals surface area contributed by atoms with Crippen molar-refractivity contribution in [1.82, 2.24) is 0 Å². The Bertz CT molecular complexity index is 729. The van der Waals surface area contributed by atoms with Crippen LogP contribution in [0, 0.1) is 13.8 Å². The van der Waals surface area contributed by atoms with Gasteiger partial charge in [-0.15, -0.1) is 0 Å². The fourth-order valence-corrected chi connectivity index (χ4v) is 2.42. The van der Waals surface area contributed by atoms with E-state index in [1.807, 2.05) is 57.2 Å². The van der Waals surface area contributed by atoms with Crippen LogP contribution in [0.25, 0.3) is 5.57 Å². The van der Waals surface area contributed by atoms with Gasteiger partial charge >= 0.3 is 5.97 Å². The van der Waals surface area contributed by atoms with Crippen LogP contribution in [-0.2, 0) is 16.1 Å². The molecule has 0 N–H and O–H groups in total. The van der Waals surface area contributed by atoms with Crippen LogP contribution < -0.4 is 4.74 Å². The highest BCUT2D eigenvalue weighted by molar-refractivity contribution is 6.16. The minimum Gasteiger partial charge on any atom is -0.489 e. The Morgan fingerprint density at radius 2 is 1.87 bits per heavy atom. The van der Waals surface area contributed by atoms with E-state index in [4.69, 9.17) is 9.47 Å². The standard InChI is InChI=1S/C20H22O3/c1-5-17(20(21)22-4)18-9-7-6-8-16(18)13-23-19-12-14(2)10-11-15(19)3/h5-12H,13H2,1-4H3/b17-5+. The SMILES string of the molecule is C/C=C(/C(=O)OC)c1ccccc1COc1cc(C)ccc1C. The lowest BCUT2D eigenvalue weighted by molar-refractivity contribution is -0.133. The second-order valence-electron chi connectivity index (χ2n) is 5.41. The van der Waals surface area contributed by atoms with E-state index in [0.29, 0.717) is 12.2 Å². The van der Waals surface area contributed by atoms with Crippen molar-refractivity contribution in [2.75, 3.05) is 7.11 Å². The van der Waals surface area contributed by atoms with Gasteiger partial charge < -0.3 is 9.47 Å². The number of esters is 1. The molecular weight excluding hydrogens is 288 g/mol. The minimum absolute atomic E-state index is 0.341. The van der Waals surface area contributed by atoms with Crippen LogP contribution in [0.4, 0.5) is 0 Å². The molecule has 2 aromatic rings. The topological polar surface area (TPSA) is 35.5 Å². The number of carbonyl (C=O) groups is 1. The average molecular weight is 310 g/mol. The van der Waals surface area contributed by atoms with Crippen LogP contribution in [0.3, 0.4) is 0 Å². The number of benzene rings is 2. The molecule has 2 aromatic carbocycles. The fraction of sp³-hybridized carbons (Fsp3) is 0.250. The summed E-state index contributed by atoms with van der Waals surface area (Å²) >= 11 is 0. The third-order valence-electron chi connectivity index (χ3n) is 3.73. The molecule has 0 amide bonds. The first-order valence-electron chi connectivity index (χ1n) is 7.59. The van der Waals surface area contributed by atoms with Crippen LogP contribution in [-0.4, -0.2) is 13.1 Å². The summed E-state index contributed by atoms with van der Waals surface area (Å²) in [6.45, 7) is 6.28. The quantitative estimate of drug-likeness (QED) is 0.604. The van der Waals surface area contributed by atoms with Crippen LogP contribution in [0.1, 0.15) is 29.2 Å². The van der Waals surface area contributed by atoms with E-state index < -0.39 is 0 Å². The molecule has 0 heterocycles. The van der Waals surface area contributed by atoms with Gasteiger partial charge in [0.1, 0.15) is 12.4 Å². The lowest BCUT2D eigenvalue weighted by Gasteiger charge is -2.14. The van der Waals surface area contributed by atoms with Gasteiger partial charge in [-0.1, -0.05) is 42.5 Å². The van der Waals surface area contributed by atoms with Gasteiger partial charge in [0.2, 0.25) is 0 Å². The molecule has 0 atom stereocenters. The molecule has 0 bridgehead atoms. The molecule has 0 aromatic heterocycles. The highest BCUT2D eigenvalue weighted by Crippen LogP contribution is 2.24. The number of carbonyl (C=O) groups excluding carboxylic acids is 1. The zero-order valence-corrected chi connectivity index (χ0v) is 14.1. The smallest absolute Gasteiger partial charge is 0.338 e. The third-order valence-corrected chi connectivity index (χ3v) is 3.73. The first-order chi connectivity index (χ1) is 11.1. The Kier molecular flexibility index (Phi) is 5.58. The molecule has 0 saturated carbocycles. The number of methoxy groups -OCH3 is 1. The van der Waals surface area contributed by atoms with Gasteiger partial charge in [0.15, 0.2) is 0 Å². The molecule has 0 unspecified atom stereocenters. The Balaban J connectivity index is 2.27. The van der Waals surface area contributed by atoms with Crippen molar-refractivity contribution in [2.24, 2.45) is 0 Å². The normalized spacial score (nSPS) is 11.2. The van der Waals surface area contributed by atoms with Gasteiger partial charge in [-0.25, -0.2) is 4.79 Å². The molecule has 3 nitrogen and oxygen atoms in total. The number of hydrogen-bond acceptors (Lipinski definition) is 3. The van der Waals surface area contributed by atoms with Crippen LogP contribution >= 0.6 is 0 Å². The molecule has 0 aliphatic carbocycles. The van der Waals surface area contributed by atoms with Crippen molar-refractivity contribution < 1.29 is 14.3 Å². The van der Waals surface area contributed by atoms with E-state index in [2.05, 4.69) is 6.07 Å². The number of hydrogen-bond donors (Lipinski definition) is 0. The zero-order valence-electron chi connectivity index (χ0n) is 14.1. The Labute approximate surface area is 137 Å². The second-order valence-corrected chi connectivity index (χ2v) is 5.41. The summed E-state index contributed by atoms with van der Waals surface area (Å²) in [5, 5.41) is 0. The van der Waals surface area contributed by atoms with Crippen molar-refractivity contribution in [3.63, 3.8) is 0 Å². The van der Waals surface area contributed by atoms with Gasteiger partial charge in [0.05, 0.1) is 12.7 Å². The summed E-state index contributed by atoms with van der Waals surface area (Å²) in [5.41, 5.74) is 4.58. The number of aryl methyl sites for hydroxylation is 2. The molecule has 2 rings (SSSR count). The molecule has 0 aliphatic heterocycles. The highest BCUT2D eigenvalue weighted by Gasteiger charge is 2.15. The zero-order chi connectivity index (χ0) is 16.8. The van der Waals surface area contributed by atoms with Crippen molar-refractivity contribution in [3.8, 4) is 5.75 Å². The molecule has 23 heavy (non-hydrogen) atoms. The summed E-state index contributed by atoms with van der Waals surface area (Å²) in [6.07, 6.45) is 1.77. The van der Waals surface area contributed by atoms with Crippen LogP contribution in [0.15, 0.2) is 48.5 Å². The highest BCUT2D eigenvalue weighted by atomic mass is 16.5. The predicted octanol–water partition coefficient (Wildman–Crippen LogP) is 4.46. The maximum absolute atomic E-state index is 11.9. The first-order valence-corrected chi connectivity index (χ1v) is 7.59. The van der Waals surface area contributed by atoms with E-state index in [0.717, 1.165) is 28.0 Å². The van der Waals surface area contributed by atoms with Gasteiger partial charge in [-0.05, 0) is 49.1 Å². The lowest BCUT2D eigenvalue weighted by atomic mass is 10.00. The molecule has 0 radical (unpaired) electrons. The monoisotopic (exact) mass is 310 g/mol.